The normalized spacial score (nSPS) is 23.0. The first-order valence-electron chi connectivity index (χ1n) is 7.44. The van der Waals surface area contributed by atoms with Crippen molar-refractivity contribution in [2.75, 3.05) is 27.4 Å². The lowest BCUT2D eigenvalue weighted by atomic mass is 10.2. The molecule has 0 spiro atoms. The van der Waals surface area contributed by atoms with Crippen LogP contribution in [0.1, 0.15) is 19.3 Å². The van der Waals surface area contributed by atoms with Crippen LogP contribution in [-0.4, -0.2) is 50.7 Å². The van der Waals surface area contributed by atoms with Gasteiger partial charge in [0.1, 0.15) is 24.2 Å². The van der Waals surface area contributed by atoms with Gasteiger partial charge in [-0.15, -0.1) is 0 Å². The molecule has 0 radical (unpaired) electrons. The fourth-order valence-electron chi connectivity index (χ4n) is 2.67. The molecule has 0 amide bonds. The van der Waals surface area contributed by atoms with Crippen molar-refractivity contribution in [1.82, 2.24) is 5.32 Å². The maximum atomic E-state index is 10.00. The molecule has 1 aliphatic rings. The van der Waals surface area contributed by atoms with Gasteiger partial charge in [-0.1, -0.05) is 6.07 Å². The van der Waals surface area contributed by atoms with Gasteiger partial charge in [0.15, 0.2) is 0 Å². The van der Waals surface area contributed by atoms with Gasteiger partial charge in [-0.3, -0.25) is 0 Å². The fraction of sp³-hybridized carbons (Fsp3) is 0.625. The molecule has 1 saturated carbocycles. The zero-order valence-corrected chi connectivity index (χ0v) is 12.7. The van der Waals surface area contributed by atoms with E-state index in [1.165, 1.54) is 6.42 Å². The van der Waals surface area contributed by atoms with Crippen LogP contribution >= 0.6 is 0 Å². The van der Waals surface area contributed by atoms with Crippen LogP contribution in [0.5, 0.6) is 11.5 Å². The van der Waals surface area contributed by atoms with E-state index in [0.717, 1.165) is 18.6 Å². The third kappa shape index (κ3) is 4.88. The van der Waals surface area contributed by atoms with E-state index in [4.69, 9.17) is 14.2 Å². The average molecular weight is 295 g/mol. The average Bonchev–Trinajstić information content (AvgIpc) is 2.98. The molecule has 3 unspecified atom stereocenters. The summed E-state index contributed by atoms with van der Waals surface area (Å²) in [5.74, 6) is 1.44. The highest BCUT2D eigenvalue weighted by Crippen LogP contribution is 2.21. The highest BCUT2D eigenvalue weighted by atomic mass is 16.5. The van der Waals surface area contributed by atoms with Crippen molar-refractivity contribution >= 4 is 0 Å². The van der Waals surface area contributed by atoms with Gasteiger partial charge in [-0.2, -0.15) is 0 Å². The summed E-state index contributed by atoms with van der Waals surface area (Å²) in [6.45, 7) is 0.763. The molecule has 1 aliphatic carbocycles. The van der Waals surface area contributed by atoms with E-state index >= 15 is 0 Å². The number of methoxy groups -OCH3 is 2. The summed E-state index contributed by atoms with van der Waals surface area (Å²) in [5, 5.41) is 13.4. The van der Waals surface area contributed by atoms with E-state index in [1.807, 2.05) is 18.2 Å². The summed E-state index contributed by atoms with van der Waals surface area (Å²) in [6.07, 6.45) is 3.07. The Labute approximate surface area is 126 Å². The van der Waals surface area contributed by atoms with Crippen molar-refractivity contribution in [2.24, 2.45) is 0 Å². The maximum Gasteiger partial charge on any atom is 0.123 e. The highest BCUT2D eigenvalue weighted by molar-refractivity contribution is 5.32. The molecule has 0 aromatic heterocycles. The molecule has 5 heteroatoms. The molecule has 21 heavy (non-hydrogen) atoms. The topological polar surface area (TPSA) is 60.0 Å². The van der Waals surface area contributed by atoms with Crippen LogP contribution in [0.4, 0.5) is 0 Å². The van der Waals surface area contributed by atoms with Gasteiger partial charge in [-0.25, -0.2) is 0 Å². The second-order valence-electron chi connectivity index (χ2n) is 5.36. The van der Waals surface area contributed by atoms with Crippen LogP contribution in [0.15, 0.2) is 24.3 Å². The first-order chi connectivity index (χ1) is 10.2. The zero-order chi connectivity index (χ0) is 15.1. The molecule has 0 heterocycles. The molecule has 0 saturated heterocycles. The van der Waals surface area contributed by atoms with E-state index in [1.54, 1.807) is 20.3 Å². The van der Waals surface area contributed by atoms with Gasteiger partial charge < -0.3 is 24.6 Å². The third-order valence-corrected chi connectivity index (χ3v) is 3.85. The zero-order valence-electron chi connectivity index (χ0n) is 12.7. The van der Waals surface area contributed by atoms with Crippen molar-refractivity contribution in [3.05, 3.63) is 24.3 Å². The molecule has 1 aromatic carbocycles. The predicted molar refractivity (Wildman–Crippen MR) is 80.9 cm³/mol. The summed E-state index contributed by atoms with van der Waals surface area (Å²) in [4.78, 5) is 0. The number of nitrogens with one attached hydrogen (secondary N) is 1. The largest absolute Gasteiger partial charge is 0.497 e. The highest BCUT2D eigenvalue weighted by Gasteiger charge is 2.26. The minimum Gasteiger partial charge on any atom is -0.497 e. The molecule has 118 valence electrons. The Hall–Kier alpha value is -1.30. The lowest BCUT2D eigenvalue weighted by molar-refractivity contribution is 0.0686. The number of ether oxygens (including phenoxy) is 3. The van der Waals surface area contributed by atoms with Crippen LogP contribution in [0, 0.1) is 0 Å². The molecule has 1 fully saturated rings. The van der Waals surface area contributed by atoms with Crippen molar-refractivity contribution in [1.29, 1.82) is 0 Å². The Bertz CT molecular complexity index is 426. The second-order valence-corrected chi connectivity index (χ2v) is 5.36. The molecular weight excluding hydrogens is 270 g/mol. The Morgan fingerprint density at radius 1 is 1.29 bits per heavy atom. The minimum absolute atomic E-state index is 0.255. The summed E-state index contributed by atoms with van der Waals surface area (Å²) in [7, 11) is 3.36. The summed E-state index contributed by atoms with van der Waals surface area (Å²) in [5.41, 5.74) is 0. The van der Waals surface area contributed by atoms with E-state index in [0.29, 0.717) is 18.3 Å². The second kappa shape index (κ2) is 8.22. The monoisotopic (exact) mass is 295 g/mol. The number of benzene rings is 1. The molecule has 1 aromatic rings. The maximum absolute atomic E-state index is 10.00. The van der Waals surface area contributed by atoms with E-state index in [2.05, 4.69) is 5.32 Å². The Morgan fingerprint density at radius 3 is 2.86 bits per heavy atom. The Kier molecular flexibility index (Phi) is 6.29. The summed E-state index contributed by atoms with van der Waals surface area (Å²) < 4.78 is 16.1. The molecule has 0 bridgehead atoms. The van der Waals surface area contributed by atoms with Crippen LogP contribution < -0.4 is 14.8 Å². The molecule has 5 nitrogen and oxygen atoms in total. The van der Waals surface area contributed by atoms with Gasteiger partial charge in [0, 0.05) is 25.8 Å². The Morgan fingerprint density at radius 2 is 2.10 bits per heavy atom. The predicted octanol–water partition coefficient (Wildman–Crippen LogP) is 1.59. The van der Waals surface area contributed by atoms with Crippen LogP contribution in [0.25, 0.3) is 0 Å². The number of rotatable bonds is 8. The van der Waals surface area contributed by atoms with Crippen molar-refractivity contribution < 1.29 is 19.3 Å². The molecular formula is C16H25NO4. The lowest BCUT2D eigenvalue weighted by Crippen LogP contribution is -2.42. The van der Waals surface area contributed by atoms with Gasteiger partial charge in [0.2, 0.25) is 0 Å². The van der Waals surface area contributed by atoms with Gasteiger partial charge in [0.05, 0.1) is 13.2 Å². The van der Waals surface area contributed by atoms with Crippen LogP contribution in [-0.2, 0) is 4.74 Å². The summed E-state index contributed by atoms with van der Waals surface area (Å²) >= 11 is 0. The Balaban J connectivity index is 1.70. The molecule has 0 aliphatic heterocycles. The number of aliphatic hydroxyl groups is 1. The number of aliphatic hydroxyl groups excluding tert-OH is 1. The fourth-order valence-corrected chi connectivity index (χ4v) is 2.67. The van der Waals surface area contributed by atoms with E-state index in [9.17, 15) is 5.11 Å². The first-order valence-corrected chi connectivity index (χ1v) is 7.44. The SMILES string of the molecule is COc1cccc(OCC(O)CNC2CCCC2OC)c1. The van der Waals surface area contributed by atoms with Crippen molar-refractivity contribution in [3.8, 4) is 11.5 Å². The van der Waals surface area contributed by atoms with Crippen LogP contribution in [0.3, 0.4) is 0 Å². The van der Waals surface area contributed by atoms with Gasteiger partial charge in [-0.05, 0) is 31.4 Å². The lowest BCUT2D eigenvalue weighted by Gasteiger charge is -2.21. The molecule has 2 N–H and O–H groups in total. The van der Waals surface area contributed by atoms with Crippen LogP contribution in [0.2, 0.25) is 0 Å². The molecule has 3 atom stereocenters. The van der Waals surface area contributed by atoms with E-state index < -0.39 is 6.10 Å². The minimum atomic E-state index is -0.547. The summed E-state index contributed by atoms with van der Waals surface area (Å²) in [6, 6.07) is 7.70. The molecule has 2 rings (SSSR count). The van der Waals surface area contributed by atoms with Gasteiger partial charge >= 0.3 is 0 Å². The standard InChI is InChI=1S/C16H25NO4/c1-19-13-5-3-6-14(9-13)21-11-12(18)10-17-15-7-4-8-16(15)20-2/h3,5-6,9,12,15-18H,4,7-8,10-11H2,1-2H3. The van der Waals surface area contributed by atoms with Crippen molar-refractivity contribution in [2.45, 2.75) is 37.5 Å². The number of hydrogen-bond donors (Lipinski definition) is 2. The smallest absolute Gasteiger partial charge is 0.123 e. The van der Waals surface area contributed by atoms with Gasteiger partial charge in [0.25, 0.3) is 0 Å². The third-order valence-electron chi connectivity index (χ3n) is 3.85. The number of hydrogen-bond acceptors (Lipinski definition) is 5. The van der Waals surface area contributed by atoms with E-state index in [-0.39, 0.29) is 12.7 Å². The quantitative estimate of drug-likeness (QED) is 0.763. The first kappa shape index (κ1) is 16.1. The van der Waals surface area contributed by atoms with Crippen molar-refractivity contribution in [3.63, 3.8) is 0 Å².